The zero-order valence-electron chi connectivity index (χ0n) is 7.22. The largest absolute Gasteiger partial charge is 0.373 e. The lowest BCUT2D eigenvalue weighted by molar-refractivity contribution is -0.0660. The van der Waals surface area contributed by atoms with Crippen molar-refractivity contribution in [1.82, 2.24) is 4.90 Å². The third kappa shape index (κ3) is 3.09. The van der Waals surface area contributed by atoms with E-state index in [1.807, 2.05) is 0 Å². The Bertz CT molecular complexity index is 111. The Labute approximate surface area is 77.0 Å². The molecule has 0 N–H and O–H groups in total. The fraction of sp³-hybridized carbons (Fsp3) is 1.00. The predicted octanol–water partition coefficient (Wildman–Crippen LogP) is 1.49. The summed E-state index contributed by atoms with van der Waals surface area (Å²) in [6, 6.07) is 0. The average molecular weight is 222 g/mol. The van der Waals surface area contributed by atoms with Crippen LogP contribution in [-0.4, -0.2) is 42.1 Å². The molecule has 2 nitrogen and oxygen atoms in total. The van der Waals surface area contributed by atoms with Crippen LogP contribution in [0, 0.1) is 0 Å². The monoisotopic (exact) mass is 221 g/mol. The van der Waals surface area contributed by atoms with Crippen molar-refractivity contribution in [3.05, 3.63) is 0 Å². The van der Waals surface area contributed by atoms with Gasteiger partial charge in [-0.15, -0.1) is 0 Å². The Balaban J connectivity index is 2.30. The first-order valence-corrected chi connectivity index (χ1v) is 5.28. The van der Waals surface area contributed by atoms with Gasteiger partial charge in [0.2, 0.25) is 0 Å². The van der Waals surface area contributed by atoms with Crippen LogP contribution >= 0.6 is 15.9 Å². The fourth-order valence-corrected chi connectivity index (χ4v) is 2.09. The van der Waals surface area contributed by atoms with Crippen molar-refractivity contribution in [3.63, 3.8) is 0 Å². The minimum absolute atomic E-state index is 0.401. The third-order valence-corrected chi connectivity index (χ3v) is 2.25. The van der Waals surface area contributed by atoms with Gasteiger partial charge in [-0.1, -0.05) is 15.9 Å². The van der Waals surface area contributed by atoms with Crippen molar-refractivity contribution >= 4 is 15.9 Å². The van der Waals surface area contributed by atoms with Crippen LogP contribution in [0.15, 0.2) is 0 Å². The minimum Gasteiger partial charge on any atom is -0.373 e. The van der Waals surface area contributed by atoms with Gasteiger partial charge >= 0.3 is 0 Å². The van der Waals surface area contributed by atoms with Crippen LogP contribution in [0.25, 0.3) is 0 Å². The molecule has 0 bridgehead atoms. The summed E-state index contributed by atoms with van der Waals surface area (Å²) >= 11 is 3.44. The standard InChI is InChI=1S/C8H16BrNO/c1-7-5-10(4-3-9)6-8(2)11-7/h7-8H,3-6H2,1-2H3/t7-,8-/m0/s1. The van der Waals surface area contributed by atoms with Crippen molar-refractivity contribution in [2.24, 2.45) is 0 Å². The average Bonchev–Trinajstić information content (AvgIpc) is 1.85. The molecule has 0 radical (unpaired) electrons. The second-order valence-electron chi connectivity index (χ2n) is 3.21. The molecule has 1 fully saturated rings. The third-order valence-electron chi connectivity index (χ3n) is 1.90. The van der Waals surface area contributed by atoms with E-state index in [2.05, 4.69) is 34.7 Å². The van der Waals surface area contributed by atoms with Crippen LogP contribution in [0.2, 0.25) is 0 Å². The number of hydrogen-bond acceptors (Lipinski definition) is 2. The maximum absolute atomic E-state index is 5.61. The molecule has 0 aromatic carbocycles. The number of ether oxygens (including phenoxy) is 1. The summed E-state index contributed by atoms with van der Waals surface area (Å²) in [6.45, 7) is 7.57. The van der Waals surface area contributed by atoms with Crippen LogP contribution in [0.3, 0.4) is 0 Å². The molecule has 1 rings (SSSR count). The highest BCUT2D eigenvalue weighted by Crippen LogP contribution is 2.09. The molecular weight excluding hydrogens is 206 g/mol. The first kappa shape index (κ1) is 9.49. The Hall–Kier alpha value is 0.400. The highest BCUT2D eigenvalue weighted by atomic mass is 79.9. The molecule has 1 aliphatic heterocycles. The van der Waals surface area contributed by atoms with E-state index in [0.717, 1.165) is 25.0 Å². The summed E-state index contributed by atoms with van der Waals surface area (Å²) in [7, 11) is 0. The minimum atomic E-state index is 0.401. The van der Waals surface area contributed by atoms with E-state index in [9.17, 15) is 0 Å². The first-order chi connectivity index (χ1) is 5.22. The second-order valence-corrected chi connectivity index (χ2v) is 4.00. The zero-order chi connectivity index (χ0) is 8.27. The van der Waals surface area contributed by atoms with E-state index >= 15 is 0 Å². The van der Waals surface area contributed by atoms with E-state index in [0.29, 0.717) is 12.2 Å². The molecule has 0 unspecified atom stereocenters. The Kier molecular flexibility index (Phi) is 3.82. The molecule has 0 aromatic heterocycles. The van der Waals surface area contributed by atoms with Crippen molar-refractivity contribution in [3.8, 4) is 0 Å². The molecule has 0 amide bonds. The van der Waals surface area contributed by atoms with E-state index in [1.54, 1.807) is 0 Å². The first-order valence-electron chi connectivity index (χ1n) is 4.16. The maximum Gasteiger partial charge on any atom is 0.0678 e. The maximum atomic E-state index is 5.61. The van der Waals surface area contributed by atoms with Gasteiger partial charge in [-0.2, -0.15) is 0 Å². The van der Waals surface area contributed by atoms with Crippen molar-refractivity contribution in [2.75, 3.05) is 25.0 Å². The van der Waals surface area contributed by atoms with Gasteiger partial charge in [0.05, 0.1) is 12.2 Å². The number of nitrogens with zero attached hydrogens (tertiary/aromatic N) is 1. The number of halogens is 1. The summed E-state index contributed by atoms with van der Waals surface area (Å²) in [5.41, 5.74) is 0. The summed E-state index contributed by atoms with van der Waals surface area (Å²) in [6.07, 6.45) is 0.801. The van der Waals surface area contributed by atoms with Crippen molar-refractivity contribution < 1.29 is 4.74 Å². The number of rotatable bonds is 2. The molecular formula is C8H16BrNO. The van der Waals surface area contributed by atoms with Gasteiger partial charge in [0.1, 0.15) is 0 Å². The molecule has 2 atom stereocenters. The van der Waals surface area contributed by atoms with Crippen LogP contribution in [0.5, 0.6) is 0 Å². The lowest BCUT2D eigenvalue weighted by Crippen LogP contribution is -2.45. The normalized spacial score (nSPS) is 34.1. The Morgan fingerprint density at radius 3 is 2.36 bits per heavy atom. The quantitative estimate of drug-likeness (QED) is 0.656. The molecule has 0 saturated carbocycles. The molecule has 1 heterocycles. The van der Waals surface area contributed by atoms with Gasteiger partial charge in [-0.05, 0) is 13.8 Å². The molecule has 0 aromatic rings. The number of hydrogen-bond donors (Lipinski definition) is 0. The van der Waals surface area contributed by atoms with Crippen LogP contribution in [-0.2, 0) is 4.74 Å². The van der Waals surface area contributed by atoms with Crippen molar-refractivity contribution in [1.29, 1.82) is 0 Å². The van der Waals surface area contributed by atoms with E-state index in [1.165, 1.54) is 0 Å². The molecule has 0 spiro atoms. The lowest BCUT2D eigenvalue weighted by atomic mass is 10.2. The van der Waals surface area contributed by atoms with Crippen LogP contribution in [0.4, 0.5) is 0 Å². The van der Waals surface area contributed by atoms with Gasteiger partial charge in [-0.3, -0.25) is 4.90 Å². The second kappa shape index (κ2) is 4.43. The van der Waals surface area contributed by atoms with Crippen molar-refractivity contribution in [2.45, 2.75) is 26.1 Å². The molecule has 1 saturated heterocycles. The fourth-order valence-electron chi connectivity index (χ4n) is 1.59. The van der Waals surface area contributed by atoms with E-state index in [-0.39, 0.29) is 0 Å². The molecule has 0 aliphatic carbocycles. The highest BCUT2D eigenvalue weighted by Gasteiger charge is 2.20. The Morgan fingerprint density at radius 1 is 1.36 bits per heavy atom. The smallest absolute Gasteiger partial charge is 0.0678 e. The SMILES string of the molecule is C[C@H]1CN(CCBr)C[C@H](C)O1. The van der Waals surface area contributed by atoms with Gasteiger partial charge in [0.15, 0.2) is 0 Å². The topological polar surface area (TPSA) is 12.5 Å². The van der Waals surface area contributed by atoms with Gasteiger partial charge < -0.3 is 4.74 Å². The summed E-state index contributed by atoms with van der Waals surface area (Å²) in [5, 5.41) is 1.06. The predicted molar refractivity (Wildman–Crippen MR) is 50.2 cm³/mol. The molecule has 66 valence electrons. The summed E-state index contributed by atoms with van der Waals surface area (Å²) in [5.74, 6) is 0. The zero-order valence-corrected chi connectivity index (χ0v) is 8.80. The molecule has 11 heavy (non-hydrogen) atoms. The van der Waals surface area contributed by atoms with Crippen LogP contribution < -0.4 is 0 Å². The van der Waals surface area contributed by atoms with Gasteiger partial charge in [0.25, 0.3) is 0 Å². The lowest BCUT2D eigenvalue weighted by Gasteiger charge is -2.34. The molecule has 3 heteroatoms. The number of alkyl halides is 1. The highest BCUT2D eigenvalue weighted by molar-refractivity contribution is 9.09. The van der Waals surface area contributed by atoms with Gasteiger partial charge in [-0.25, -0.2) is 0 Å². The van der Waals surface area contributed by atoms with E-state index in [4.69, 9.17) is 4.74 Å². The summed E-state index contributed by atoms with van der Waals surface area (Å²) < 4.78 is 5.61. The molecule has 1 aliphatic rings. The Morgan fingerprint density at radius 2 is 1.91 bits per heavy atom. The van der Waals surface area contributed by atoms with Gasteiger partial charge in [0, 0.05) is 25.0 Å². The van der Waals surface area contributed by atoms with E-state index < -0.39 is 0 Å². The number of morpholine rings is 1. The summed E-state index contributed by atoms with van der Waals surface area (Å²) in [4.78, 5) is 2.44. The van der Waals surface area contributed by atoms with Crippen LogP contribution in [0.1, 0.15) is 13.8 Å².